The summed E-state index contributed by atoms with van der Waals surface area (Å²) in [5, 5.41) is 15.1. The molecule has 1 amide bonds. The molecule has 0 spiro atoms. The van der Waals surface area contributed by atoms with Crippen molar-refractivity contribution < 1.29 is 4.79 Å². The average molecular weight is 370 g/mol. The fraction of sp³-hybridized carbons (Fsp3) is 0.200. The zero-order valence-electron chi connectivity index (χ0n) is 13.7. The van der Waals surface area contributed by atoms with E-state index in [-0.39, 0.29) is 11.5 Å². The topological polar surface area (TPSA) is 144 Å². The number of rotatable bonds is 4. The third-order valence-corrected chi connectivity index (χ3v) is 4.95. The van der Waals surface area contributed by atoms with Gasteiger partial charge in [-0.2, -0.15) is 0 Å². The molecule has 0 fully saturated rings. The molecule has 0 unspecified atom stereocenters. The van der Waals surface area contributed by atoms with Gasteiger partial charge < -0.3 is 5.73 Å². The Bertz CT molecular complexity index is 1180. The quantitative estimate of drug-likeness (QED) is 0.458. The van der Waals surface area contributed by atoms with Gasteiger partial charge in [-0.1, -0.05) is 29.8 Å². The number of aryl methyl sites for hydroxylation is 1. The largest absolute Gasteiger partial charge is 0.398 e. The van der Waals surface area contributed by atoms with Crippen molar-refractivity contribution in [2.45, 2.75) is 19.8 Å². The normalized spacial score (nSPS) is 11.3. The van der Waals surface area contributed by atoms with Gasteiger partial charge in [0.15, 0.2) is 4.96 Å². The number of nitrogen functional groups attached to an aromatic ring is 1. The number of carbonyl (C=O) groups excluding carboxylic acids is 1. The number of carbonyl (C=O) groups is 1. The van der Waals surface area contributed by atoms with Crippen LogP contribution in [-0.2, 0) is 6.42 Å². The van der Waals surface area contributed by atoms with Crippen LogP contribution in [-0.4, -0.2) is 35.9 Å². The molecule has 3 heterocycles. The Labute approximate surface area is 150 Å². The average Bonchev–Trinajstić information content (AvgIpc) is 3.23. The van der Waals surface area contributed by atoms with Crippen LogP contribution in [0.4, 0.5) is 11.6 Å². The summed E-state index contributed by atoms with van der Waals surface area (Å²) in [4.78, 5) is 30.0. The summed E-state index contributed by atoms with van der Waals surface area (Å²) in [6, 6.07) is 3.74. The number of nitrogens with two attached hydrogens (primary N) is 1. The number of benzene rings is 1. The fourth-order valence-corrected chi connectivity index (χ4v) is 3.77. The predicted molar refractivity (Wildman–Crippen MR) is 97.4 cm³/mol. The first-order valence-electron chi connectivity index (χ1n) is 7.86. The summed E-state index contributed by atoms with van der Waals surface area (Å²) in [7, 11) is 0. The molecule has 0 aliphatic rings. The molecule has 10 nitrogen and oxygen atoms in total. The number of H-pyrrole nitrogens is 1. The fourth-order valence-electron chi connectivity index (χ4n) is 2.73. The first kappa shape index (κ1) is 16.1. The van der Waals surface area contributed by atoms with Gasteiger partial charge in [-0.15, -0.1) is 0 Å². The smallest absolute Gasteiger partial charge is 0.271 e. The molecule has 11 heteroatoms. The molecule has 4 rings (SSSR count). The Morgan fingerprint density at radius 3 is 3.00 bits per heavy atom. The van der Waals surface area contributed by atoms with Gasteiger partial charge in [0.05, 0.1) is 10.2 Å². The molecular weight excluding hydrogens is 356 g/mol. The van der Waals surface area contributed by atoms with Gasteiger partial charge in [0.1, 0.15) is 5.56 Å². The molecule has 0 aliphatic heterocycles. The van der Waals surface area contributed by atoms with E-state index in [1.54, 1.807) is 6.07 Å². The van der Waals surface area contributed by atoms with Crippen molar-refractivity contribution >= 4 is 44.1 Å². The Kier molecular flexibility index (Phi) is 3.84. The zero-order valence-corrected chi connectivity index (χ0v) is 14.5. The van der Waals surface area contributed by atoms with Crippen molar-refractivity contribution in [2.24, 2.45) is 0 Å². The zero-order chi connectivity index (χ0) is 18.3. The number of hydrogen-bond donors (Lipinski definition) is 3. The third-order valence-electron chi connectivity index (χ3n) is 3.93. The minimum atomic E-state index is -0.648. The number of fused-ring (bicyclic) bond motifs is 3. The highest BCUT2D eigenvalue weighted by atomic mass is 32.1. The van der Waals surface area contributed by atoms with Gasteiger partial charge in [-0.05, 0) is 34.5 Å². The standard InChI is InChI=1S/C15H14N8O2S/c1-2-3-7-4-11-10(5-9(7)16)23-13(25)8(6-17-15(23)26-11)12(24)18-14-19-21-22-20-14/h4-6H,2-3,16H2,1H3,(H2,18,19,20,21,22,24). The van der Waals surface area contributed by atoms with Crippen LogP contribution in [0, 0.1) is 0 Å². The minimum absolute atomic E-state index is 0.0446. The van der Waals surface area contributed by atoms with Crippen LogP contribution in [0.5, 0.6) is 0 Å². The summed E-state index contributed by atoms with van der Waals surface area (Å²) in [5.74, 6) is -0.603. The molecule has 0 radical (unpaired) electrons. The van der Waals surface area contributed by atoms with Crippen LogP contribution >= 0.6 is 11.3 Å². The van der Waals surface area contributed by atoms with Crippen molar-refractivity contribution in [2.75, 3.05) is 11.1 Å². The second-order valence-corrected chi connectivity index (χ2v) is 6.68. The van der Waals surface area contributed by atoms with Gasteiger partial charge in [-0.3, -0.25) is 19.3 Å². The lowest BCUT2D eigenvalue weighted by Crippen LogP contribution is -2.26. The second kappa shape index (κ2) is 6.19. The van der Waals surface area contributed by atoms with E-state index < -0.39 is 11.5 Å². The van der Waals surface area contributed by atoms with Gasteiger partial charge in [-0.25, -0.2) is 10.1 Å². The lowest BCUT2D eigenvalue weighted by Gasteiger charge is -2.05. The Morgan fingerprint density at radius 2 is 2.27 bits per heavy atom. The monoisotopic (exact) mass is 370 g/mol. The maximum atomic E-state index is 12.9. The molecule has 0 aliphatic carbocycles. The number of aromatic nitrogens is 6. The lowest BCUT2D eigenvalue weighted by molar-refractivity contribution is 0.102. The first-order chi connectivity index (χ1) is 12.6. The number of nitrogens with one attached hydrogen (secondary N) is 2. The van der Waals surface area contributed by atoms with Crippen LogP contribution in [0.25, 0.3) is 15.2 Å². The minimum Gasteiger partial charge on any atom is -0.398 e. The van der Waals surface area contributed by atoms with Gasteiger partial charge in [0.25, 0.3) is 11.5 Å². The molecule has 3 aromatic heterocycles. The number of tetrazole rings is 1. The van der Waals surface area contributed by atoms with Crippen LogP contribution < -0.4 is 16.6 Å². The van der Waals surface area contributed by atoms with Crippen LogP contribution in [0.15, 0.2) is 23.1 Å². The maximum absolute atomic E-state index is 12.9. The number of anilines is 2. The van der Waals surface area contributed by atoms with E-state index in [0.717, 1.165) is 23.1 Å². The Balaban J connectivity index is 1.86. The highest BCUT2D eigenvalue weighted by molar-refractivity contribution is 7.23. The second-order valence-electron chi connectivity index (χ2n) is 5.67. The van der Waals surface area contributed by atoms with Crippen molar-refractivity contribution in [1.29, 1.82) is 0 Å². The molecule has 132 valence electrons. The summed E-state index contributed by atoms with van der Waals surface area (Å²) < 4.78 is 2.30. The lowest BCUT2D eigenvalue weighted by atomic mass is 10.1. The summed E-state index contributed by atoms with van der Waals surface area (Å²) in [5.41, 5.74) is 7.82. The van der Waals surface area contributed by atoms with E-state index in [1.807, 2.05) is 6.07 Å². The van der Waals surface area contributed by atoms with E-state index in [1.165, 1.54) is 21.9 Å². The number of aromatic amines is 1. The van der Waals surface area contributed by atoms with Crippen molar-refractivity contribution in [3.8, 4) is 0 Å². The van der Waals surface area contributed by atoms with Crippen LogP contribution in [0.2, 0.25) is 0 Å². The summed E-state index contributed by atoms with van der Waals surface area (Å²) in [6.45, 7) is 2.08. The van der Waals surface area contributed by atoms with Crippen LogP contribution in [0.3, 0.4) is 0 Å². The SMILES string of the molecule is CCCc1cc2sc3ncc(C(=O)Nc4nnn[nH]4)c(=O)n3c2cc1N. The van der Waals surface area contributed by atoms with E-state index in [0.29, 0.717) is 16.2 Å². The van der Waals surface area contributed by atoms with Crippen molar-refractivity contribution in [1.82, 2.24) is 30.0 Å². The molecule has 1 aromatic carbocycles. The molecule has 26 heavy (non-hydrogen) atoms. The first-order valence-corrected chi connectivity index (χ1v) is 8.68. The van der Waals surface area contributed by atoms with E-state index in [2.05, 4.69) is 37.8 Å². The Hall–Kier alpha value is -3.34. The highest BCUT2D eigenvalue weighted by Gasteiger charge is 2.18. The molecule has 0 saturated carbocycles. The highest BCUT2D eigenvalue weighted by Crippen LogP contribution is 2.29. The molecule has 0 saturated heterocycles. The van der Waals surface area contributed by atoms with E-state index in [4.69, 9.17) is 5.73 Å². The van der Waals surface area contributed by atoms with Crippen molar-refractivity contribution in [3.63, 3.8) is 0 Å². The number of amides is 1. The van der Waals surface area contributed by atoms with E-state index in [9.17, 15) is 9.59 Å². The maximum Gasteiger partial charge on any atom is 0.271 e. The van der Waals surface area contributed by atoms with Gasteiger partial charge in [0, 0.05) is 11.9 Å². The number of nitrogens with zero attached hydrogens (tertiary/aromatic N) is 5. The van der Waals surface area contributed by atoms with Gasteiger partial charge >= 0.3 is 0 Å². The summed E-state index contributed by atoms with van der Waals surface area (Å²) >= 11 is 1.38. The molecular formula is C15H14N8O2S. The van der Waals surface area contributed by atoms with Crippen LogP contribution in [0.1, 0.15) is 29.3 Å². The van der Waals surface area contributed by atoms with Crippen molar-refractivity contribution in [3.05, 3.63) is 39.8 Å². The predicted octanol–water partition coefficient (Wildman–Crippen LogP) is 1.21. The molecule has 4 aromatic rings. The number of thiazole rings is 1. The molecule has 0 atom stereocenters. The van der Waals surface area contributed by atoms with Gasteiger partial charge in [0.2, 0.25) is 5.95 Å². The molecule has 0 bridgehead atoms. The molecule has 4 N–H and O–H groups in total. The third kappa shape index (κ3) is 2.58. The van der Waals surface area contributed by atoms with E-state index >= 15 is 0 Å². The summed E-state index contributed by atoms with van der Waals surface area (Å²) in [6.07, 6.45) is 3.08. The Morgan fingerprint density at radius 1 is 1.42 bits per heavy atom. The number of hydrogen-bond acceptors (Lipinski definition) is 8.